The number of esters is 1. The predicted molar refractivity (Wildman–Crippen MR) is 170 cm³/mol. The van der Waals surface area contributed by atoms with Crippen molar-refractivity contribution in [3.63, 3.8) is 0 Å². The molecule has 0 aliphatic carbocycles. The average molecular weight is 527 g/mol. The number of ether oxygens (including phenoxy) is 1. The van der Waals surface area contributed by atoms with Crippen LogP contribution in [0.4, 0.5) is 0 Å². The number of aryl methyl sites for hydroxylation is 1. The van der Waals surface area contributed by atoms with Crippen LogP contribution in [0.2, 0.25) is 0 Å². The van der Waals surface area contributed by atoms with Crippen LogP contribution >= 0.6 is 0 Å². The number of para-hydroxylation sites is 1. The minimum atomic E-state index is -0.182. The lowest BCUT2D eigenvalue weighted by molar-refractivity contribution is -0.134. The van der Waals surface area contributed by atoms with E-state index in [2.05, 4.69) is 96.1 Å². The van der Waals surface area contributed by atoms with Crippen LogP contribution < -0.4 is 4.74 Å². The summed E-state index contributed by atoms with van der Waals surface area (Å²) in [6.07, 6.45) is 1.97. The molecule has 0 unspecified atom stereocenters. The molecule has 0 heterocycles. The summed E-state index contributed by atoms with van der Waals surface area (Å²) in [4.78, 5) is 12.5. The molecule has 6 rings (SSSR count). The molecule has 0 radical (unpaired) electrons. The highest BCUT2D eigenvalue weighted by Gasteiger charge is 2.22. The zero-order chi connectivity index (χ0) is 28.2. The third-order valence-electron chi connectivity index (χ3n) is 8.29. The number of rotatable bonds is 5. The maximum absolute atomic E-state index is 12.5. The molecular formula is C38H38O2. The number of carbonyl (C=O) groups is 1. The second-order valence-corrected chi connectivity index (χ2v) is 13.3. The summed E-state index contributed by atoms with van der Waals surface area (Å²) in [5.41, 5.74) is 4.10. The van der Waals surface area contributed by atoms with Gasteiger partial charge in [-0.05, 0) is 108 Å². The SMILES string of the molecule is CC(C)(C)c1cc2cc(C(C)(C)C)cc3c4ccc(CCCC(=O)Oc5ccccc5)c5cccc(c(c1)c23)c54. The van der Waals surface area contributed by atoms with Crippen molar-refractivity contribution in [3.8, 4) is 5.75 Å². The first-order valence-electron chi connectivity index (χ1n) is 14.4. The second kappa shape index (κ2) is 9.63. The van der Waals surface area contributed by atoms with E-state index in [9.17, 15) is 4.79 Å². The lowest BCUT2D eigenvalue weighted by Gasteiger charge is -2.25. The summed E-state index contributed by atoms with van der Waals surface area (Å²) in [6.45, 7) is 13.8. The number of fused-ring (bicyclic) bond motifs is 2. The quantitative estimate of drug-likeness (QED) is 0.0966. The third kappa shape index (κ3) is 4.70. The van der Waals surface area contributed by atoms with E-state index in [1.54, 1.807) is 0 Å². The molecule has 0 aromatic heterocycles. The fourth-order valence-corrected chi connectivity index (χ4v) is 6.03. The molecule has 2 heteroatoms. The Morgan fingerprint density at radius 1 is 0.625 bits per heavy atom. The maximum Gasteiger partial charge on any atom is 0.311 e. The van der Waals surface area contributed by atoms with Gasteiger partial charge < -0.3 is 4.74 Å². The van der Waals surface area contributed by atoms with Gasteiger partial charge in [0.25, 0.3) is 0 Å². The smallest absolute Gasteiger partial charge is 0.311 e. The van der Waals surface area contributed by atoms with E-state index in [0.717, 1.165) is 12.8 Å². The van der Waals surface area contributed by atoms with E-state index < -0.39 is 0 Å². The summed E-state index contributed by atoms with van der Waals surface area (Å²) in [5, 5.41) is 10.6. The number of hydrogen-bond acceptors (Lipinski definition) is 2. The molecule has 0 atom stereocenters. The first-order chi connectivity index (χ1) is 19.0. The molecule has 202 valence electrons. The average Bonchev–Trinajstić information content (AvgIpc) is 2.91. The van der Waals surface area contributed by atoms with E-state index in [-0.39, 0.29) is 16.8 Å². The van der Waals surface area contributed by atoms with Crippen LogP contribution in [0.1, 0.15) is 71.1 Å². The Kier molecular flexibility index (Phi) is 6.33. The molecule has 0 saturated carbocycles. The second-order valence-electron chi connectivity index (χ2n) is 13.3. The highest BCUT2D eigenvalue weighted by Crippen LogP contribution is 2.44. The van der Waals surface area contributed by atoms with Gasteiger partial charge in [-0.2, -0.15) is 0 Å². The van der Waals surface area contributed by atoms with Gasteiger partial charge in [0.1, 0.15) is 5.75 Å². The van der Waals surface area contributed by atoms with Crippen molar-refractivity contribution in [1.82, 2.24) is 0 Å². The summed E-state index contributed by atoms with van der Waals surface area (Å²) in [7, 11) is 0. The zero-order valence-corrected chi connectivity index (χ0v) is 24.5. The van der Waals surface area contributed by atoms with Crippen LogP contribution in [0.5, 0.6) is 5.75 Å². The van der Waals surface area contributed by atoms with E-state index in [4.69, 9.17) is 4.74 Å². The lowest BCUT2D eigenvalue weighted by atomic mass is 9.79. The van der Waals surface area contributed by atoms with Gasteiger partial charge in [-0.3, -0.25) is 4.79 Å². The number of hydrogen-bond donors (Lipinski definition) is 0. The van der Waals surface area contributed by atoms with Crippen molar-refractivity contribution in [2.24, 2.45) is 0 Å². The Bertz CT molecular complexity index is 1800. The molecule has 40 heavy (non-hydrogen) atoms. The first-order valence-corrected chi connectivity index (χ1v) is 14.4. The highest BCUT2D eigenvalue weighted by atomic mass is 16.5. The monoisotopic (exact) mass is 526 g/mol. The van der Waals surface area contributed by atoms with Gasteiger partial charge >= 0.3 is 5.97 Å². The molecule has 0 aliphatic rings. The maximum atomic E-state index is 12.5. The minimum Gasteiger partial charge on any atom is -0.427 e. The largest absolute Gasteiger partial charge is 0.427 e. The Hall–Kier alpha value is -3.91. The van der Waals surface area contributed by atoms with E-state index in [0.29, 0.717) is 12.2 Å². The van der Waals surface area contributed by atoms with Gasteiger partial charge in [0.05, 0.1) is 0 Å². The molecule has 2 nitrogen and oxygen atoms in total. The minimum absolute atomic E-state index is 0.0486. The molecule has 0 spiro atoms. The van der Waals surface area contributed by atoms with Gasteiger partial charge in [0.2, 0.25) is 0 Å². The van der Waals surface area contributed by atoms with E-state index >= 15 is 0 Å². The molecule has 0 aliphatic heterocycles. The van der Waals surface area contributed by atoms with E-state index in [1.807, 2.05) is 30.3 Å². The third-order valence-corrected chi connectivity index (χ3v) is 8.29. The molecule has 6 aromatic rings. The van der Waals surface area contributed by atoms with Crippen molar-refractivity contribution in [1.29, 1.82) is 0 Å². The van der Waals surface area contributed by atoms with Gasteiger partial charge in [0, 0.05) is 6.42 Å². The first kappa shape index (κ1) is 26.3. The van der Waals surface area contributed by atoms with Crippen LogP contribution in [0, 0.1) is 0 Å². The normalized spacial score (nSPS) is 12.7. The molecule has 0 amide bonds. The zero-order valence-electron chi connectivity index (χ0n) is 24.5. The number of carbonyl (C=O) groups excluding carboxylic acids is 1. The van der Waals surface area contributed by atoms with Gasteiger partial charge in [0.15, 0.2) is 0 Å². The molecule has 0 fully saturated rings. The Morgan fingerprint density at radius 2 is 1.23 bits per heavy atom. The van der Waals surface area contributed by atoms with Crippen molar-refractivity contribution in [2.75, 3.05) is 0 Å². The van der Waals surface area contributed by atoms with Crippen LogP contribution in [0.25, 0.3) is 43.1 Å². The number of benzene rings is 6. The van der Waals surface area contributed by atoms with Crippen LogP contribution in [0.3, 0.4) is 0 Å². The standard InChI is InChI=1S/C38H38O2/c1-37(2,3)26-20-25-21-27(38(4,5)6)23-33-31-19-18-24(12-10-17-34(39)40-28-13-8-7-9-14-28)29-15-11-16-30(36(29)31)32(22-26)35(25)33/h7-9,11,13-16,18-23H,10,12,17H2,1-6H3. The predicted octanol–water partition coefficient (Wildman–Crippen LogP) is 10.3. The Labute approximate surface area is 237 Å². The van der Waals surface area contributed by atoms with Gasteiger partial charge in [-0.15, -0.1) is 0 Å². The fraction of sp³-hybridized carbons (Fsp3) is 0.289. The van der Waals surface area contributed by atoms with E-state index in [1.165, 1.54) is 59.8 Å². The molecule has 0 N–H and O–H groups in total. The molecule has 0 saturated heterocycles. The molecular weight excluding hydrogens is 488 g/mol. The van der Waals surface area contributed by atoms with Crippen LogP contribution in [-0.2, 0) is 22.0 Å². The van der Waals surface area contributed by atoms with Crippen LogP contribution in [0.15, 0.2) is 84.9 Å². The lowest BCUT2D eigenvalue weighted by Crippen LogP contribution is -2.12. The Balaban J connectivity index is 1.48. The molecule has 6 aromatic carbocycles. The summed E-state index contributed by atoms with van der Waals surface area (Å²) < 4.78 is 5.51. The van der Waals surface area contributed by atoms with Gasteiger partial charge in [-0.25, -0.2) is 0 Å². The van der Waals surface area contributed by atoms with Crippen molar-refractivity contribution in [3.05, 3.63) is 102 Å². The summed E-state index contributed by atoms with van der Waals surface area (Å²) in [6, 6.07) is 30.3. The van der Waals surface area contributed by atoms with Gasteiger partial charge in [-0.1, -0.05) is 102 Å². The van der Waals surface area contributed by atoms with Crippen molar-refractivity contribution in [2.45, 2.75) is 71.6 Å². The summed E-state index contributed by atoms with van der Waals surface area (Å²) in [5.74, 6) is 0.421. The highest BCUT2D eigenvalue weighted by molar-refractivity contribution is 6.33. The van der Waals surface area contributed by atoms with Crippen molar-refractivity contribution < 1.29 is 9.53 Å². The topological polar surface area (TPSA) is 26.3 Å². The van der Waals surface area contributed by atoms with Crippen LogP contribution in [-0.4, -0.2) is 5.97 Å². The molecule has 0 bridgehead atoms. The summed E-state index contributed by atoms with van der Waals surface area (Å²) >= 11 is 0. The van der Waals surface area contributed by atoms with Crippen molar-refractivity contribution >= 4 is 49.1 Å². The Morgan fingerprint density at radius 3 is 1.85 bits per heavy atom. The fourth-order valence-electron chi connectivity index (χ4n) is 6.03.